The van der Waals surface area contributed by atoms with Crippen LogP contribution in [0.15, 0.2) is 4.99 Å². The molecule has 4 heteroatoms. The molecular weight excluding hydrogens is 277 g/mol. The number of halogens is 1. The molecule has 0 spiro atoms. The average molecular weight is 295 g/mol. The van der Waals surface area contributed by atoms with Gasteiger partial charge in [0.1, 0.15) is 0 Å². The van der Waals surface area contributed by atoms with Gasteiger partial charge >= 0.3 is 0 Å². The van der Waals surface area contributed by atoms with Crippen molar-refractivity contribution < 1.29 is 0 Å². The van der Waals surface area contributed by atoms with E-state index in [4.69, 9.17) is 5.73 Å². The third-order valence-electron chi connectivity index (χ3n) is 3.10. The topological polar surface area (TPSA) is 41.6 Å². The molecule has 2 saturated carbocycles. The van der Waals surface area contributed by atoms with E-state index in [1.54, 1.807) is 0 Å². The van der Waals surface area contributed by atoms with Crippen LogP contribution in [0.25, 0.3) is 0 Å². The smallest absolute Gasteiger partial charge is 0.191 e. The minimum Gasteiger partial charge on any atom is -0.370 e. The number of nitrogens with zero attached hydrogens (tertiary/aromatic N) is 2. The molecule has 0 amide bonds. The van der Waals surface area contributed by atoms with Crippen LogP contribution in [0.2, 0.25) is 0 Å². The lowest BCUT2D eigenvalue weighted by Gasteiger charge is -2.10. The van der Waals surface area contributed by atoms with E-state index in [1.807, 2.05) is 19.0 Å². The lowest BCUT2D eigenvalue weighted by Crippen LogP contribution is -2.30. The Hall–Kier alpha value is 0. The second-order valence-corrected chi connectivity index (χ2v) is 4.13. The first-order chi connectivity index (χ1) is 5.70. The van der Waals surface area contributed by atoms with Crippen molar-refractivity contribution in [1.82, 2.24) is 4.90 Å². The highest BCUT2D eigenvalue weighted by atomic mass is 127. The van der Waals surface area contributed by atoms with Crippen LogP contribution in [0.1, 0.15) is 19.3 Å². The molecule has 0 radical (unpaired) electrons. The van der Waals surface area contributed by atoms with Crippen molar-refractivity contribution in [2.45, 2.75) is 25.3 Å². The molecule has 0 aromatic rings. The molecule has 2 atom stereocenters. The molecule has 2 aliphatic carbocycles. The zero-order chi connectivity index (χ0) is 8.72. The molecule has 0 aromatic heterocycles. The van der Waals surface area contributed by atoms with E-state index in [9.17, 15) is 0 Å². The van der Waals surface area contributed by atoms with Gasteiger partial charge in [-0.1, -0.05) is 6.42 Å². The number of rotatable bonds is 1. The van der Waals surface area contributed by atoms with Crippen LogP contribution in [0.3, 0.4) is 0 Å². The second-order valence-electron chi connectivity index (χ2n) is 4.13. The third-order valence-corrected chi connectivity index (χ3v) is 3.10. The average Bonchev–Trinajstić information content (AvgIpc) is 2.46. The fourth-order valence-electron chi connectivity index (χ4n) is 2.24. The first-order valence-corrected chi connectivity index (χ1v) is 4.71. The van der Waals surface area contributed by atoms with Crippen LogP contribution in [0.4, 0.5) is 0 Å². The van der Waals surface area contributed by atoms with Crippen molar-refractivity contribution in [3.63, 3.8) is 0 Å². The normalized spacial score (nSPS) is 36.5. The molecule has 0 saturated heterocycles. The highest BCUT2D eigenvalue weighted by Crippen LogP contribution is 2.53. The number of guanidine groups is 1. The van der Waals surface area contributed by atoms with E-state index >= 15 is 0 Å². The molecule has 0 aromatic carbocycles. The number of fused-ring (bicyclic) bond motifs is 1. The molecular formula is C9H18IN3. The number of aliphatic imine (C=N–C) groups is 1. The lowest BCUT2D eigenvalue weighted by atomic mass is 10.2. The Morgan fingerprint density at radius 3 is 2.31 bits per heavy atom. The van der Waals surface area contributed by atoms with E-state index in [0.717, 1.165) is 11.8 Å². The molecule has 2 fully saturated rings. The van der Waals surface area contributed by atoms with Gasteiger partial charge in [0.25, 0.3) is 0 Å². The molecule has 2 aliphatic rings. The summed E-state index contributed by atoms with van der Waals surface area (Å²) < 4.78 is 0. The van der Waals surface area contributed by atoms with E-state index in [0.29, 0.717) is 12.0 Å². The Morgan fingerprint density at radius 1 is 1.31 bits per heavy atom. The Labute approximate surface area is 96.8 Å². The van der Waals surface area contributed by atoms with Gasteiger partial charge in [0.2, 0.25) is 0 Å². The molecule has 2 N–H and O–H groups in total. The Kier molecular flexibility index (Phi) is 3.43. The fourth-order valence-corrected chi connectivity index (χ4v) is 2.24. The van der Waals surface area contributed by atoms with E-state index < -0.39 is 0 Å². The Bertz CT molecular complexity index is 205. The highest BCUT2D eigenvalue weighted by Gasteiger charge is 2.52. The zero-order valence-electron chi connectivity index (χ0n) is 8.23. The molecule has 3 nitrogen and oxygen atoms in total. The molecule has 0 bridgehead atoms. The molecule has 2 rings (SSSR count). The highest BCUT2D eigenvalue weighted by molar-refractivity contribution is 14.0. The van der Waals surface area contributed by atoms with Crippen molar-refractivity contribution in [3.05, 3.63) is 0 Å². The van der Waals surface area contributed by atoms with Crippen LogP contribution in [-0.4, -0.2) is 31.0 Å². The van der Waals surface area contributed by atoms with Crippen LogP contribution in [0, 0.1) is 11.8 Å². The van der Waals surface area contributed by atoms with Crippen molar-refractivity contribution >= 4 is 29.9 Å². The van der Waals surface area contributed by atoms with Crippen molar-refractivity contribution in [2.75, 3.05) is 14.1 Å². The van der Waals surface area contributed by atoms with Gasteiger partial charge in [0, 0.05) is 14.1 Å². The van der Waals surface area contributed by atoms with Gasteiger partial charge in [0.15, 0.2) is 5.96 Å². The fraction of sp³-hybridized carbons (Fsp3) is 0.889. The first kappa shape index (κ1) is 11.1. The molecule has 0 aliphatic heterocycles. The van der Waals surface area contributed by atoms with E-state index in [2.05, 4.69) is 4.99 Å². The lowest BCUT2D eigenvalue weighted by molar-refractivity contribution is 0.596. The van der Waals surface area contributed by atoms with Gasteiger partial charge in [0.05, 0.1) is 6.04 Å². The van der Waals surface area contributed by atoms with Gasteiger partial charge in [-0.05, 0) is 24.7 Å². The second kappa shape index (κ2) is 4.02. The predicted molar refractivity (Wildman–Crippen MR) is 65.3 cm³/mol. The Morgan fingerprint density at radius 2 is 1.85 bits per heavy atom. The number of hydrogen-bond acceptors (Lipinski definition) is 1. The van der Waals surface area contributed by atoms with Crippen LogP contribution in [-0.2, 0) is 0 Å². The summed E-state index contributed by atoms with van der Waals surface area (Å²) in [6.07, 6.45) is 4.16. The maximum Gasteiger partial charge on any atom is 0.191 e. The summed E-state index contributed by atoms with van der Waals surface area (Å²) in [4.78, 5) is 6.38. The molecule has 13 heavy (non-hydrogen) atoms. The zero-order valence-corrected chi connectivity index (χ0v) is 10.6. The van der Waals surface area contributed by atoms with Crippen LogP contribution in [0.5, 0.6) is 0 Å². The summed E-state index contributed by atoms with van der Waals surface area (Å²) in [5, 5.41) is 0. The van der Waals surface area contributed by atoms with Gasteiger partial charge < -0.3 is 10.6 Å². The van der Waals surface area contributed by atoms with Gasteiger partial charge in [-0.3, -0.25) is 0 Å². The molecule has 2 unspecified atom stereocenters. The maximum atomic E-state index is 5.74. The van der Waals surface area contributed by atoms with Crippen molar-refractivity contribution in [1.29, 1.82) is 0 Å². The van der Waals surface area contributed by atoms with E-state index in [-0.39, 0.29) is 24.0 Å². The minimum absolute atomic E-state index is 0. The minimum atomic E-state index is 0. The SMILES string of the molecule is CN(C)C(N)=NC1C2CCCC21.I. The summed E-state index contributed by atoms with van der Waals surface area (Å²) in [6, 6.07) is 0.571. The van der Waals surface area contributed by atoms with Crippen molar-refractivity contribution in [2.24, 2.45) is 22.6 Å². The maximum absolute atomic E-state index is 5.74. The first-order valence-electron chi connectivity index (χ1n) is 4.71. The summed E-state index contributed by atoms with van der Waals surface area (Å²) in [6.45, 7) is 0. The van der Waals surface area contributed by atoms with Crippen LogP contribution >= 0.6 is 24.0 Å². The largest absolute Gasteiger partial charge is 0.370 e. The standard InChI is InChI=1S/C9H17N3.HI/c1-12(2)9(10)11-8-6-4-3-5-7(6)8;/h6-8H,3-5H2,1-2H3,(H2,10,11);1H. The Balaban J connectivity index is 0.000000845. The summed E-state index contributed by atoms with van der Waals surface area (Å²) >= 11 is 0. The van der Waals surface area contributed by atoms with Crippen molar-refractivity contribution in [3.8, 4) is 0 Å². The number of nitrogens with two attached hydrogens (primary N) is 1. The van der Waals surface area contributed by atoms with Gasteiger partial charge in [-0.2, -0.15) is 0 Å². The molecule has 76 valence electrons. The van der Waals surface area contributed by atoms with Gasteiger partial charge in [-0.25, -0.2) is 4.99 Å². The summed E-state index contributed by atoms with van der Waals surface area (Å²) in [5.41, 5.74) is 5.74. The summed E-state index contributed by atoms with van der Waals surface area (Å²) in [5.74, 6) is 2.45. The predicted octanol–water partition coefficient (Wildman–Crippen LogP) is 1.28. The van der Waals surface area contributed by atoms with E-state index in [1.165, 1.54) is 19.3 Å². The third kappa shape index (κ3) is 2.08. The van der Waals surface area contributed by atoms with Crippen LogP contribution < -0.4 is 5.73 Å². The summed E-state index contributed by atoms with van der Waals surface area (Å²) in [7, 11) is 3.88. The van der Waals surface area contributed by atoms with Gasteiger partial charge in [-0.15, -0.1) is 24.0 Å². The quantitative estimate of drug-likeness (QED) is 0.450. The molecule has 0 heterocycles. The number of hydrogen-bond donors (Lipinski definition) is 1. The monoisotopic (exact) mass is 295 g/mol.